The number of phenolic OH excluding ortho intramolecular Hbond substituents is 2. The molecular formula is C34H41N3O7. The highest BCUT2D eigenvalue weighted by atomic mass is 16.5. The molecule has 5 rings (SSSR count). The van der Waals surface area contributed by atoms with Gasteiger partial charge < -0.3 is 29.7 Å². The van der Waals surface area contributed by atoms with Gasteiger partial charge in [0.25, 0.3) is 0 Å². The van der Waals surface area contributed by atoms with E-state index < -0.39 is 18.2 Å². The molecule has 2 atom stereocenters. The number of phenols is 2. The maximum absolute atomic E-state index is 14.7. The molecule has 0 bridgehead atoms. The summed E-state index contributed by atoms with van der Waals surface area (Å²) in [6.45, 7) is 0.0650. The van der Waals surface area contributed by atoms with Crippen molar-refractivity contribution < 1.29 is 34.4 Å². The second kappa shape index (κ2) is 13.9. The summed E-state index contributed by atoms with van der Waals surface area (Å²) in [7, 11) is 2.91. The molecule has 1 saturated heterocycles. The number of hydrogen-bond donors (Lipinski definition) is 3. The van der Waals surface area contributed by atoms with Crippen LogP contribution in [0.1, 0.15) is 48.8 Å². The van der Waals surface area contributed by atoms with Gasteiger partial charge in [-0.3, -0.25) is 4.79 Å². The van der Waals surface area contributed by atoms with Crippen LogP contribution in [0.15, 0.2) is 66.7 Å². The molecule has 234 valence electrons. The zero-order valence-corrected chi connectivity index (χ0v) is 25.3. The number of benzene rings is 3. The van der Waals surface area contributed by atoms with Crippen molar-refractivity contribution >= 4 is 11.9 Å². The van der Waals surface area contributed by atoms with E-state index in [2.05, 4.69) is 0 Å². The molecule has 3 aromatic carbocycles. The van der Waals surface area contributed by atoms with Crippen LogP contribution in [0.25, 0.3) is 0 Å². The Hall–Kier alpha value is -4.44. The van der Waals surface area contributed by atoms with Crippen molar-refractivity contribution in [2.45, 2.75) is 63.8 Å². The van der Waals surface area contributed by atoms with Crippen LogP contribution >= 0.6 is 0 Å². The molecule has 1 aliphatic carbocycles. The Bertz CT molecular complexity index is 1440. The Morgan fingerprint density at radius 1 is 0.841 bits per heavy atom. The molecule has 0 spiro atoms. The van der Waals surface area contributed by atoms with E-state index in [0.717, 1.165) is 31.2 Å². The molecule has 44 heavy (non-hydrogen) atoms. The molecule has 0 radical (unpaired) electrons. The molecule has 1 saturated carbocycles. The average Bonchev–Trinajstić information content (AvgIpc) is 3.52. The van der Waals surface area contributed by atoms with Crippen LogP contribution in [-0.2, 0) is 24.3 Å². The maximum Gasteiger partial charge on any atom is 0.339 e. The number of aromatic hydroxyl groups is 2. The molecule has 0 unspecified atom stereocenters. The Morgan fingerprint density at radius 2 is 1.43 bits per heavy atom. The Kier molecular flexibility index (Phi) is 9.79. The Morgan fingerprint density at radius 3 is 2.02 bits per heavy atom. The number of hydrogen-bond acceptors (Lipinski definition) is 7. The molecule has 2 fully saturated rings. The number of hydrazine groups is 1. The normalized spacial score (nSPS) is 19.2. The zero-order chi connectivity index (χ0) is 31.2. The minimum absolute atomic E-state index is 0.0199. The molecule has 3 aromatic rings. The highest BCUT2D eigenvalue weighted by Gasteiger charge is 2.42. The van der Waals surface area contributed by atoms with Crippen LogP contribution in [0.2, 0.25) is 0 Å². The summed E-state index contributed by atoms with van der Waals surface area (Å²) in [6.07, 6.45) is 3.72. The standard InChI is InChI=1S/C34H41N3O7/c1-43-31-17-25(12-14-28(31)38)20-35-27(16-23-8-4-3-5-9-23)30(40)22-36(33(41)19-24-10-6-7-11-24)37(34(35)42)21-26-13-15-29(39)32(18-26)44-2/h3-5,8-9,12-15,17-18,24,27,30,38-40H,6-7,10-11,16,19-22H2,1-2H3/t27-,30-/m1/s1. The summed E-state index contributed by atoms with van der Waals surface area (Å²) in [5.74, 6) is 0.505. The van der Waals surface area contributed by atoms with Crippen molar-refractivity contribution in [3.05, 3.63) is 83.4 Å². The third-order valence-corrected chi connectivity index (χ3v) is 8.65. The number of rotatable bonds is 10. The summed E-state index contributed by atoms with van der Waals surface area (Å²) >= 11 is 0. The number of carbonyl (C=O) groups is 2. The quantitative estimate of drug-likeness (QED) is 0.303. The van der Waals surface area contributed by atoms with E-state index in [-0.39, 0.29) is 54.5 Å². The lowest BCUT2D eigenvalue weighted by atomic mass is 9.98. The fourth-order valence-electron chi connectivity index (χ4n) is 6.25. The second-order valence-electron chi connectivity index (χ2n) is 11.6. The molecule has 2 aliphatic rings. The number of β-amino-alcohol motifs (C(OH)–C–C–N with tert-alkyl or cyclic N) is 1. The first-order valence-corrected chi connectivity index (χ1v) is 15.1. The van der Waals surface area contributed by atoms with Gasteiger partial charge in [-0.2, -0.15) is 0 Å². The minimum Gasteiger partial charge on any atom is -0.504 e. The van der Waals surface area contributed by atoms with Crippen molar-refractivity contribution in [1.82, 2.24) is 14.9 Å². The van der Waals surface area contributed by atoms with Crippen LogP contribution in [0.5, 0.6) is 23.0 Å². The number of nitrogens with zero attached hydrogens (tertiary/aromatic N) is 3. The Labute approximate surface area is 258 Å². The van der Waals surface area contributed by atoms with Crippen molar-refractivity contribution in [3.63, 3.8) is 0 Å². The summed E-state index contributed by atoms with van der Waals surface area (Å²) in [4.78, 5) is 30.2. The number of aliphatic hydroxyl groups is 1. The zero-order valence-electron chi connectivity index (χ0n) is 25.3. The molecule has 1 aliphatic heterocycles. The predicted molar refractivity (Wildman–Crippen MR) is 164 cm³/mol. The summed E-state index contributed by atoms with van der Waals surface area (Å²) in [5.41, 5.74) is 2.28. The van der Waals surface area contributed by atoms with Gasteiger partial charge in [0.15, 0.2) is 23.0 Å². The fraction of sp³-hybridized carbons (Fsp3) is 0.412. The lowest BCUT2D eigenvalue weighted by Gasteiger charge is -2.36. The monoisotopic (exact) mass is 603 g/mol. The maximum atomic E-state index is 14.7. The fourth-order valence-corrected chi connectivity index (χ4v) is 6.25. The van der Waals surface area contributed by atoms with E-state index in [0.29, 0.717) is 24.0 Å². The number of aliphatic hydroxyl groups excluding tert-OH is 1. The molecule has 3 amide bonds. The topological polar surface area (TPSA) is 123 Å². The van der Waals surface area contributed by atoms with E-state index in [1.807, 2.05) is 30.3 Å². The SMILES string of the molecule is COc1cc(CN2C(=O)N(Cc3ccc(O)c(OC)c3)N(C(=O)CC3CCCC3)C[C@@H](O)[C@H]2Cc2ccccc2)ccc1O. The summed E-state index contributed by atoms with van der Waals surface area (Å²) < 4.78 is 10.6. The number of amides is 3. The molecule has 10 nitrogen and oxygen atoms in total. The van der Waals surface area contributed by atoms with E-state index >= 15 is 0 Å². The van der Waals surface area contributed by atoms with Gasteiger partial charge in [-0.05, 0) is 66.1 Å². The first-order chi connectivity index (χ1) is 21.3. The van der Waals surface area contributed by atoms with Gasteiger partial charge in [-0.15, -0.1) is 0 Å². The van der Waals surface area contributed by atoms with Crippen LogP contribution in [0.3, 0.4) is 0 Å². The second-order valence-corrected chi connectivity index (χ2v) is 11.6. The lowest BCUT2D eigenvalue weighted by Crippen LogP contribution is -2.52. The van der Waals surface area contributed by atoms with E-state index in [1.165, 1.54) is 36.4 Å². The summed E-state index contributed by atoms with van der Waals surface area (Å²) in [6, 6.07) is 18.2. The predicted octanol–water partition coefficient (Wildman–Crippen LogP) is 4.85. The van der Waals surface area contributed by atoms with Gasteiger partial charge in [-0.1, -0.05) is 55.3 Å². The summed E-state index contributed by atoms with van der Waals surface area (Å²) in [5, 5.41) is 35.0. The van der Waals surface area contributed by atoms with Crippen LogP contribution in [-0.4, -0.2) is 75.1 Å². The van der Waals surface area contributed by atoms with E-state index in [4.69, 9.17) is 9.47 Å². The van der Waals surface area contributed by atoms with Gasteiger partial charge in [0.2, 0.25) is 5.91 Å². The van der Waals surface area contributed by atoms with Crippen molar-refractivity contribution in [1.29, 1.82) is 0 Å². The van der Waals surface area contributed by atoms with Gasteiger partial charge in [0.1, 0.15) is 0 Å². The smallest absolute Gasteiger partial charge is 0.339 e. The largest absolute Gasteiger partial charge is 0.504 e. The third kappa shape index (κ3) is 7.02. The highest BCUT2D eigenvalue weighted by molar-refractivity contribution is 5.82. The van der Waals surface area contributed by atoms with Crippen LogP contribution < -0.4 is 9.47 Å². The highest BCUT2D eigenvalue weighted by Crippen LogP contribution is 2.33. The molecular weight excluding hydrogens is 562 g/mol. The van der Waals surface area contributed by atoms with Crippen molar-refractivity contribution in [2.24, 2.45) is 5.92 Å². The van der Waals surface area contributed by atoms with Gasteiger partial charge in [-0.25, -0.2) is 14.8 Å². The van der Waals surface area contributed by atoms with Crippen molar-refractivity contribution in [3.8, 4) is 23.0 Å². The third-order valence-electron chi connectivity index (χ3n) is 8.65. The minimum atomic E-state index is -1.05. The lowest BCUT2D eigenvalue weighted by molar-refractivity contribution is -0.148. The molecule has 1 heterocycles. The van der Waals surface area contributed by atoms with Gasteiger partial charge in [0, 0.05) is 13.0 Å². The van der Waals surface area contributed by atoms with Crippen LogP contribution in [0.4, 0.5) is 4.79 Å². The first kappa shape index (κ1) is 31.0. The average molecular weight is 604 g/mol. The number of carbonyl (C=O) groups excluding carboxylic acids is 2. The molecule has 0 aromatic heterocycles. The number of ether oxygens (including phenoxy) is 2. The van der Waals surface area contributed by atoms with Gasteiger partial charge in [0.05, 0.1) is 39.5 Å². The van der Waals surface area contributed by atoms with Gasteiger partial charge >= 0.3 is 6.03 Å². The first-order valence-electron chi connectivity index (χ1n) is 15.1. The van der Waals surface area contributed by atoms with E-state index in [9.17, 15) is 24.9 Å². The van der Waals surface area contributed by atoms with Crippen LogP contribution in [0, 0.1) is 5.92 Å². The Balaban J connectivity index is 1.55. The van der Waals surface area contributed by atoms with E-state index in [1.54, 1.807) is 29.2 Å². The number of urea groups is 1. The number of methoxy groups -OCH3 is 2. The molecule has 3 N–H and O–H groups in total. The van der Waals surface area contributed by atoms with Crippen molar-refractivity contribution in [2.75, 3.05) is 20.8 Å². The molecule has 10 heteroatoms.